The van der Waals surface area contributed by atoms with Crippen molar-refractivity contribution in [2.24, 2.45) is 0 Å². The fourth-order valence-electron chi connectivity index (χ4n) is 2.95. The Hall–Kier alpha value is -3.31. The number of amides is 1. The molecular weight excluding hydrogens is 366 g/mol. The van der Waals surface area contributed by atoms with Crippen LogP contribution in [0.15, 0.2) is 85.2 Å². The van der Waals surface area contributed by atoms with Crippen molar-refractivity contribution in [2.75, 3.05) is 5.32 Å². The Kier molecular flexibility index (Phi) is 5.54. The van der Waals surface area contributed by atoms with Crippen LogP contribution in [0.25, 0.3) is 21.7 Å². The SMILES string of the molecule is O=C(CCc1ccccc1)Nc1nc(-c2ccccc2)c(-c2ccncc2)s1. The highest BCUT2D eigenvalue weighted by Gasteiger charge is 2.16. The van der Waals surface area contributed by atoms with Crippen molar-refractivity contribution in [3.63, 3.8) is 0 Å². The number of nitrogens with one attached hydrogen (secondary N) is 1. The third-order valence-electron chi connectivity index (χ3n) is 4.35. The molecule has 0 aliphatic rings. The number of benzene rings is 2. The molecule has 0 aliphatic carbocycles. The van der Waals surface area contributed by atoms with Gasteiger partial charge in [0.2, 0.25) is 5.91 Å². The summed E-state index contributed by atoms with van der Waals surface area (Å²) in [6, 6.07) is 24.0. The summed E-state index contributed by atoms with van der Waals surface area (Å²) in [6.45, 7) is 0. The fourth-order valence-corrected chi connectivity index (χ4v) is 3.96. The molecule has 28 heavy (non-hydrogen) atoms. The van der Waals surface area contributed by atoms with Crippen LogP contribution in [-0.4, -0.2) is 15.9 Å². The molecule has 0 radical (unpaired) electrons. The average molecular weight is 385 g/mol. The number of pyridine rings is 1. The number of anilines is 1. The normalized spacial score (nSPS) is 10.6. The van der Waals surface area contributed by atoms with E-state index in [1.54, 1.807) is 12.4 Å². The Morgan fingerprint density at radius 3 is 2.25 bits per heavy atom. The molecule has 4 aromatic rings. The van der Waals surface area contributed by atoms with Gasteiger partial charge in [0.15, 0.2) is 5.13 Å². The molecule has 0 atom stereocenters. The zero-order valence-electron chi connectivity index (χ0n) is 15.2. The van der Waals surface area contributed by atoms with Crippen LogP contribution in [0.2, 0.25) is 0 Å². The van der Waals surface area contributed by atoms with Crippen LogP contribution in [0, 0.1) is 0 Å². The maximum absolute atomic E-state index is 12.4. The Labute approximate surface area is 167 Å². The van der Waals surface area contributed by atoms with Gasteiger partial charge in [-0.05, 0) is 29.7 Å². The molecule has 0 aliphatic heterocycles. The van der Waals surface area contributed by atoms with Crippen LogP contribution in [0.5, 0.6) is 0 Å². The number of carbonyl (C=O) groups is 1. The average Bonchev–Trinajstić information content (AvgIpc) is 3.18. The van der Waals surface area contributed by atoms with Gasteiger partial charge in [-0.15, -0.1) is 0 Å². The minimum atomic E-state index is -0.0292. The van der Waals surface area contributed by atoms with Crippen molar-refractivity contribution in [1.82, 2.24) is 9.97 Å². The standard InChI is InChI=1S/C23H19N3OS/c27-20(12-11-17-7-3-1-4-8-17)25-23-26-21(18-9-5-2-6-10-18)22(28-23)19-13-15-24-16-14-19/h1-10,13-16H,11-12H2,(H,25,26,27). The number of hydrogen-bond acceptors (Lipinski definition) is 4. The zero-order valence-corrected chi connectivity index (χ0v) is 16.0. The van der Waals surface area contributed by atoms with Crippen LogP contribution in [0.3, 0.4) is 0 Å². The lowest BCUT2D eigenvalue weighted by Crippen LogP contribution is -2.12. The number of aromatic nitrogens is 2. The predicted molar refractivity (Wildman–Crippen MR) is 114 cm³/mol. The summed E-state index contributed by atoms with van der Waals surface area (Å²) in [6.07, 6.45) is 4.67. The molecule has 1 amide bonds. The largest absolute Gasteiger partial charge is 0.302 e. The molecular formula is C23H19N3OS. The van der Waals surface area contributed by atoms with Crippen molar-refractivity contribution in [2.45, 2.75) is 12.8 Å². The second kappa shape index (κ2) is 8.59. The topological polar surface area (TPSA) is 54.9 Å². The Morgan fingerprint density at radius 2 is 1.54 bits per heavy atom. The number of carbonyl (C=O) groups excluding carboxylic acids is 1. The van der Waals surface area contributed by atoms with Gasteiger partial charge in [0.05, 0.1) is 10.6 Å². The monoisotopic (exact) mass is 385 g/mol. The molecule has 138 valence electrons. The van der Waals surface area contributed by atoms with E-state index in [0.29, 0.717) is 18.0 Å². The quantitative estimate of drug-likeness (QED) is 0.481. The van der Waals surface area contributed by atoms with Crippen molar-refractivity contribution < 1.29 is 4.79 Å². The highest BCUT2D eigenvalue weighted by Crippen LogP contribution is 2.38. The van der Waals surface area contributed by atoms with E-state index in [9.17, 15) is 4.79 Å². The number of rotatable bonds is 6. The molecule has 1 N–H and O–H groups in total. The van der Waals surface area contributed by atoms with E-state index in [1.807, 2.05) is 72.8 Å². The molecule has 0 spiro atoms. The van der Waals surface area contributed by atoms with Crippen LogP contribution in [0.4, 0.5) is 5.13 Å². The Morgan fingerprint density at radius 1 is 0.857 bits per heavy atom. The molecule has 0 fully saturated rings. The van der Waals surface area contributed by atoms with E-state index < -0.39 is 0 Å². The fraction of sp³-hybridized carbons (Fsp3) is 0.0870. The van der Waals surface area contributed by atoms with Crippen LogP contribution in [0.1, 0.15) is 12.0 Å². The van der Waals surface area contributed by atoms with Crippen LogP contribution < -0.4 is 5.32 Å². The Balaban J connectivity index is 1.56. The first kappa shape index (κ1) is 18.1. The van der Waals surface area contributed by atoms with E-state index in [-0.39, 0.29) is 5.91 Å². The molecule has 0 unspecified atom stereocenters. The van der Waals surface area contributed by atoms with E-state index >= 15 is 0 Å². The van der Waals surface area contributed by atoms with Crippen LogP contribution in [-0.2, 0) is 11.2 Å². The Bertz CT molecular complexity index is 990. The predicted octanol–water partition coefficient (Wildman–Crippen LogP) is 5.44. The third kappa shape index (κ3) is 4.32. The lowest BCUT2D eigenvalue weighted by molar-refractivity contribution is -0.116. The van der Waals surface area contributed by atoms with Gasteiger partial charge in [0, 0.05) is 24.4 Å². The van der Waals surface area contributed by atoms with Gasteiger partial charge in [-0.1, -0.05) is 72.0 Å². The van der Waals surface area contributed by atoms with Gasteiger partial charge < -0.3 is 5.32 Å². The third-order valence-corrected chi connectivity index (χ3v) is 5.37. The molecule has 2 aromatic heterocycles. The molecule has 2 aromatic carbocycles. The number of thiazole rings is 1. The van der Waals surface area contributed by atoms with Gasteiger partial charge in [0.25, 0.3) is 0 Å². The second-order valence-electron chi connectivity index (χ2n) is 6.33. The maximum Gasteiger partial charge on any atom is 0.226 e. The smallest absolute Gasteiger partial charge is 0.226 e. The summed E-state index contributed by atoms with van der Waals surface area (Å²) in [7, 11) is 0. The van der Waals surface area contributed by atoms with Gasteiger partial charge in [-0.2, -0.15) is 0 Å². The first-order chi connectivity index (χ1) is 13.8. The number of aryl methyl sites for hydroxylation is 1. The molecule has 2 heterocycles. The van der Waals surface area contributed by atoms with Crippen molar-refractivity contribution >= 4 is 22.4 Å². The summed E-state index contributed by atoms with van der Waals surface area (Å²) in [4.78, 5) is 22.3. The lowest BCUT2D eigenvalue weighted by atomic mass is 10.1. The van der Waals surface area contributed by atoms with Crippen molar-refractivity contribution in [3.8, 4) is 21.7 Å². The minimum absolute atomic E-state index is 0.0292. The number of hydrogen-bond donors (Lipinski definition) is 1. The first-order valence-electron chi connectivity index (χ1n) is 9.10. The summed E-state index contributed by atoms with van der Waals surface area (Å²) < 4.78 is 0. The maximum atomic E-state index is 12.4. The summed E-state index contributed by atoms with van der Waals surface area (Å²) in [5.41, 5.74) is 4.08. The highest BCUT2D eigenvalue weighted by atomic mass is 32.1. The highest BCUT2D eigenvalue weighted by molar-refractivity contribution is 7.19. The van der Waals surface area contributed by atoms with Crippen LogP contribution >= 0.6 is 11.3 Å². The van der Waals surface area contributed by atoms with E-state index in [0.717, 1.165) is 27.3 Å². The lowest BCUT2D eigenvalue weighted by Gasteiger charge is -2.02. The van der Waals surface area contributed by atoms with Gasteiger partial charge in [0.1, 0.15) is 0 Å². The second-order valence-corrected chi connectivity index (χ2v) is 7.33. The summed E-state index contributed by atoms with van der Waals surface area (Å²) in [5, 5.41) is 3.58. The van der Waals surface area contributed by atoms with Gasteiger partial charge in [-0.25, -0.2) is 4.98 Å². The molecule has 4 rings (SSSR count). The summed E-state index contributed by atoms with van der Waals surface area (Å²) >= 11 is 1.49. The minimum Gasteiger partial charge on any atom is -0.302 e. The molecule has 0 saturated carbocycles. The first-order valence-corrected chi connectivity index (χ1v) is 9.91. The van der Waals surface area contributed by atoms with E-state index in [1.165, 1.54) is 11.3 Å². The van der Waals surface area contributed by atoms with Gasteiger partial charge in [-0.3, -0.25) is 9.78 Å². The molecule has 0 bridgehead atoms. The van der Waals surface area contributed by atoms with Gasteiger partial charge >= 0.3 is 0 Å². The van der Waals surface area contributed by atoms with Crippen molar-refractivity contribution in [3.05, 3.63) is 90.8 Å². The van der Waals surface area contributed by atoms with Crippen molar-refractivity contribution in [1.29, 1.82) is 0 Å². The van der Waals surface area contributed by atoms with E-state index in [2.05, 4.69) is 10.3 Å². The number of nitrogens with zero attached hydrogens (tertiary/aromatic N) is 2. The molecule has 4 nitrogen and oxygen atoms in total. The molecule has 0 saturated heterocycles. The zero-order chi connectivity index (χ0) is 19.2. The molecule has 5 heteroatoms. The summed E-state index contributed by atoms with van der Waals surface area (Å²) in [5.74, 6) is -0.0292. The van der Waals surface area contributed by atoms with E-state index in [4.69, 9.17) is 4.98 Å².